The van der Waals surface area contributed by atoms with Crippen LogP contribution in [0.2, 0.25) is 0 Å². The molecule has 132 valence electrons. The molecule has 1 aromatic carbocycles. The van der Waals surface area contributed by atoms with Gasteiger partial charge in [0, 0.05) is 24.9 Å². The topological polar surface area (TPSA) is 80.8 Å². The lowest BCUT2D eigenvalue weighted by molar-refractivity contribution is -0.149. The fraction of sp³-hybridized carbons (Fsp3) is 0.529. The van der Waals surface area contributed by atoms with E-state index in [1.807, 2.05) is 0 Å². The Morgan fingerprint density at radius 3 is 2.50 bits per heavy atom. The van der Waals surface area contributed by atoms with Gasteiger partial charge in [-0.3, -0.25) is 9.59 Å². The molecule has 1 aliphatic rings. The van der Waals surface area contributed by atoms with Crippen LogP contribution in [0.25, 0.3) is 0 Å². The number of carbonyl (C=O) groups excluding carboxylic acids is 2. The summed E-state index contributed by atoms with van der Waals surface area (Å²) in [6, 6.07) is 6.58. The highest BCUT2D eigenvalue weighted by Gasteiger charge is 2.29. The van der Waals surface area contributed by atoms with Crippen LogP contribution in [-0.4, -0.2) is 51.1 Å². The van der Waals surface area contributed by atoms with E-state index in [4.69, 9.17) is 4.74 Å². The number of carbonyl (C=O) groups is 2. The van der Waals surface area contributed by atoms with E-state index in [-0.39, 0.29) is 23.5 Å². The van der Waals surface area contributed by atoms with Crippen molar-refractivity contribution in [2.45, 2.75) is 25.5 Å². The molecule has 0 saturated carbocycles. The van der Waals surface area contributed by atoms with Crippen LogP contribution in [-0.2, 0) is 25.1 Å². The van der Waals surface area contributed by atoms with Crippen molar-refractivity contribution in [1.29, 1.82) is 0 Å². The van der Waals surface area contributed by atoms with Gasteiger partial charge in [0.05, 0.1) is 18.3 Å². The summed E-state index contributed by atoms with van der Waals surface area (Å²) < 4.78 is 27.6. The third-order valence-corrected chi connectivity index (χ3v) is 4.82. The number of benzene rings is 1. The number of rotatable bonds is 5. The zero-order chi connectivity index (χ0) is 17.7. The van der Waals surface area contributed by atoms with E-state index >= 15 is 0 Å². The van der Waals surface area contributed by atoms with E-state index in [1.54, 1.807) is 36.1 Å². The average molecular weight is 353 g/mol. The van der Waals surface area contributed by atoms with Crippen molar-refractivity contribution in [3.8, 4) is 0 Å². The van der Waals surface area contributed by atoms with Gasteiger partial charge in [-0.2, -0.15) is 0 Å². The summed E-state index contributed by atoms with van der Waals surface area (Å²) in [7, 11) is -3.10. The molecular formula is C17H23NO5S. The summed E-state index contributed by atoms with van der Waals surface area (Å²) in [6.07, 6.45) is 2.67. The molecule has 24 heavy (non-hydrogen) atoms. The summed E-state index contributed by atoms with van der Waals surface area (Å²) in [6.45, 7) is 3.08. The van der Waals surface area contributed by atoms with Gasteiger partial charge in [0.25, 0.3) is 5.91 Å². The lowest BCUT2D eigenvalue weighted by Crippen LogP contribution is -2.42. The quantitative estimate of drug-likeness (QED) is 0.752. The highest BCUT2D eigenvalue weighted by atomic mass is 32.2. The Labute approximate surface area is 142 Å². The van der Waals surface area contributed by atoms with E-state index < -0.39 is 9.84 Å². The summed E-state index contributed by atoms with van der Waals surface area (Å²) in [4.78, 5) is 26.1. The molecule has 1 aromatic rings. The average Bonchev–Trinajstić information content (AvgIpc) is 2.54. The third-order valence-electron chi connectivity index (χ3n) is 3.96. The molecule has 6 nitrogen and oxygen atoms in total. The summed E-state index contributed by atoms with van der Waals surface area (Å²) in [5.74, 6) is -0.712. The molecule has 1 aliphatic heterocycles. The van der Waals surface area contributed by atoms with Crippen molar-refractivity contribution in [2.75, 3.05) is 26.0 Å². The smallest absolute Gasteiger partial charge is 0.310 e. The number of ether oxygens (including phenoxy) is 1. The SMILES string of the molecule is CCOC(=O)C1CCCN(C(=O)c2ccc(CS(C)(=O)=O)cc2)C1. The number of likely N-dealkylation sites (tertiary alicyclic amines) is 1. The molecule has 0 spiro atoms. The molecule has 0 N–H and O–H groups in total. The summed E-state index contributed by atoms with van der Waals surface area (Å²) in [5.41, 5.74) is 1.15. The van der Waals surface area contributed by atoms with Crippen LogP contribution in [0.5, 0.6) is 0 Å². The van der Waals surface area contributed by atoms with Crippen molar-refractivity contribution in [1.82, 2.24) is 4.90 Å². The number of piperidine rings is 1. The molecule has 1 heterocycles. The second-order valence-electron chi connectivity index (χ2n) is 6.11. The van der Waals surface area contributed by atoms with Gasteiger partial charge in [-0.05, 0) is 37.5 Å². The molecule has 7 heteroatoms. The first kappa shape index (κ1) is 18.4. The minimum atomic E-state index is -3.10. The molecule has 0 aromatic heterocycles. The highest BCUT2D eigenvalue weighted by Crippen LogP contribution is 2.20. The molecule has 1 atom stereocenters. The number of hydrogen-bond acceptors (Lipinski definition) is 5. The molecule has 1 amide bonds. The minimum Gasteiger partial charge on any atom is -0.466 e. The predicted octanol–water partition coefficient (Wildman–Crippen LogP) is 1.65. The first-order valence-corrected chi connectivity index (χ1v) is 10.1. The molecule has 1 unspecified atom stereocenters. The van der Waals surface area contributed by atoms with Gasteiger partial charge in [-0.1, -0.05) is 12.1 Å². The number of amides is 1. The van der Waals surface area contributed by atoms with Crippen LogP contribution in [0.15, 0.2) is 24.3 Å². The van der Waals surface area contributed by atoms with Gasteiger partial charge < -0.3 is 9.64 Å². The van der Waals surface area contributed by atoms with Crippen LogP contribution >= 0.6 is 0 Å². The standard InChI is InChI=1S/C17H23NO5S/c1-3-23-17(20)15-5-4-10-18(11-15)16(19)14-8-6-13(7-9-14)12-24(2,21)22/h6-9,15H,3-5,10-12H2,1-2H3. The highest BCUT2D eigenvalue weighted by molar-refractivity contribution is 7.89. The van der Waals surface area contributed by atoms with E-state index in [1.165, 1.54) is 6.26 Å². The van der Waals surface area contributed by atoms with Crippen molar-refractivity contribution < 1.29 is 22.7 Å². The zero-order valence-corrected chi connectivity index (χ0v) is 14.8. The zero-order valence-electron chi connectivity index (χ0n) is 14.0. The number of sulfone groups is 1. The van der Waals surface area contributed by atoms with E-state index in [0.717, 1.165) is 12.8 Å². The van der Waals surface area contributed by atoms with Gasteiger partial charge in [0.2, 0.25) is 0 Å². The third kappa shape index (κ3) is 5.06. The van der Waals surface area contributed by atoms with Crippen LogP contribution in [0.1, 0.15) is 35.7 Å². The Morgan fingerprint density at radius 1 is 1.25 bits per heavy atom. The fourth-order valence-electron chi connectivity index (χ4n) is 2.84. The molecule has 0 bridgehead atoms. The first-order valence-electron chi connectivity index (χ1n) is 8.02. The maximum atomic E-state index is 12.6. The van der Waals surface area contributed by atoms with Crippen LogP contribution in [0, 0.1) is 5.92 Å². The van der Waals surface area contributed by atoms with Gasteiger partial charge in [0.1, 0.15) is 0 Å². The molecule has 2 rings (SSSR count). The monoisotopic (exact) mass is 353 g/mol. The number of esters is 1. The number of nitrogens with zero attached hydrogens (tertiary/aromatic N) is 1. The Kier molecular flexibility index (Phi) is 5.99. The molecule has 0 radical (unpaired) electrons. The lowest BCUT2D eigenvalue weighted by atomic mass is 9.97. The van der Waals surface area contributed by atoms with Crippen molar-refractivity contribution in [2.24, 2.45) is 5.92 Å². The molecular weight excluding hydrogens is 330 g/mol. The summed E-state index contributed by atoms with van der Waals surface area (Å²) >= 11 is 0. The molecule has 0 aliphatic carbocycles. The maximum absolute atomic E-state index is 12.6. The van der Waals surface area contributed by atoms with Crippen molar-refractivity contribution in [3.05, 3.63) is 35.4 Å². The Morgan fingerprint density at radius 2 is 1.92 bits per heavy atom. The van der Waals surface area contributed by atoms with Gasteiger partial charge in [-0.25, -0.2) is 8.42 Å². The van der Waals surface area contributed by atoms with Gasteiger partial charge in [0.15, 0.2) is 9.84 Å². The normalized spacial score (nSPS) is 18.2. The van der Waals surface area contributed by atoms with Gasteiger partial charge in [-0.15, -0.1) is 0 Å². The van der Waals surface area contributed by atoms with Crippen molar-refractivity contribution in [3.63, 3.8) is 0 Å². The molecule has 1 fully saturated rings. The molecule has 1 saturated heterocycles. The van der Waals surface area contributed by atoms with Gasteiger partial charge >= 0.3 is 5.97 Å². The van der Waals surface area contributed by atoms with Crippen LogP contribution in [0.4, 0.5) is 0 Å². The fourth-order valence-corrected chi connectivity index (χ4v) is 3.64. The van der Waals surface area contributed by atoms with Crippen LogP contribution in [0.3, 0.4) is 0 Å². The maximum Gasteiger partial charge on any atom is 0.310 e. The number of hydrogen-bond donors (Lipinski definition) is 0. The van der Waals surface area contributed by atoms with E-state index in [0.29, 0.717) is 30.8 Å². The van der Waals surface area contributed by atoms with E-state index in [9.17, 15) is 18.0 Å². The lowest BCUT2D eigenvalue weighted by Gasteiger charge is -2.31. The first-order chi connectivity index (χ1) is 11.3. The second-order valence-corrected chi connectivity index (χ2v) is 8.25. The van der Waals surface area contributed by atoms with Crippen molar-refractivity contribution >= 4 is 21.7 Å². The van der Waals surface area contributed by atoms with E-state index in [2.05, 4.69) is 0 Å². The largest absolute Gasteiger partial charge is 0.466 e. The Bertz CT molecular complexity index is 696. The second kappa shape index (κ2) is 7.79. The minimum absolute atomic E-state index is 0.0455. The summed E-state index contributed by atoms with van der Waals surface area (Å²) in [5, 5.41) is 0. The Hall–Kier alpha value is -1.89. The predicted molar refractivity (Wildman–Crippen MR) is 90.3 cm³/mol. The van der Waals surface area contributed by atoms with Crippen LogP contribution < -0.4 is 0 Å². The Balaban J connectivity index is 2.04.